The number of aliphatic hydroxyl groups is 1. The molecule has 4 aromatic rings. The molecule has 0 aliphatic rings. The molecular formula is C21H20F3N9O3S. The van der Waals surface area contributed by atoms with Crippen LogP contribution in [0.5, 0.6) is 0 Å². The fourth-order valence-electron chi connectivity index (χ4n) is 3.23. The minimum Gasteiger partial charge on any atom is -0.372 e. The first-order valence-corrected chi connectivity index (χ1v) is 11.5. The summed E-state index contributed by atoms with van der Waals surface area (Å²) in [5, 5.41) is 28.8. The molecule has 0 radical (unpaired) electrons. The number of imidazole rings is 1. The van der Waals surface area contributed by atoms with Gasteiger partial charge in [0.2, 0.25) is 5.82 Å². The number of amides is 1. The predicted octanol–water partition coefficient (Wildman–Crippen LogP) is 2.71. The normalized spacial score (nSPS) is 12.3. The number of anilines is 2. The van der Waals surface area contributed by atoms with E-state index < -0.39 is 24.1 Å². The molecule has 0 aliphatic heterocycles. The molecule has 37 heavy (non-hydrogen) atoms. The molecule has 0 aliphatic carbocycles. The number of rotatable bonds is 9. The van der Waals surface area contributed by atoms with Crippen molar-refractivity contribution >= 4 is 28.9 Å². The van der Waals surface area contributed by atoms with Crippen LogP contribution < -0.4 is 10.6 Å². The summed E-state index contributed by atoms with van der Waals surface area (Å²) in [6.45, 7) is -0.312. The molecular weight excluding hydrogens is 515 g/mol. The molecule has 4 rings (SSSR count). The van der Waals surface area contributed by atoms with Gasteiger partial charge in [0, 0.05) is 36.6 Å². The second-order valence-corrected chi connectivity index (χ2v) is 8.38. The molecule has 0 aromatic carbocycles. The van der Waals surface area contributed by atoms with E-state index in [4.69, 9.17) is 0 Å². The van der Waals surface area contributed by atoms with Gasteiger partial charge in [-0.2, -0.15) is 13.2 Å². The van der Waals surface area contributed by atoms with E-state index >= 15 is 0 Å². The van der Waals surface area contributed by atoms with Crippen molar-refractivity contribution in [3.63, 3.8) is 0 Å². The molecule has 0 bridgehead atoms. The fraction of sp³-hybridized carbons (Fsp3) is 0.238. The summed E-state index contributed by atoms with van der Waals surface area (Å²) in [6.07, 6.45) is -0.999. The Labute approximate surface area is 211 Å². The maximum absolute atomic E-state index is 12.9. The SMILES string of the molecule is CNc1ncn(CC(O)Nc2csc(-c3cnc(C(F)(F)F)nc3)n2)c1C(=O)N(O)Cc1ccccn1. The minimum absolute atomic E-state index is 0.00245. The molecule has 194 valence electrons. The van der Waals surface area contributed by atoms with Crippen molar-refractivity contribution in [2.75, 3.05) is 17.7 Å². The van der Waals surface area contributed by atoms with Crippen LogP contribution in [0.15, 0.2) is 48.5 Å². The van der Waals surface area contributed by atoms with Crippen molar-refractivity contribution in [3.05, 3.63) is 65.7 Å². The number of hydrogen-bond donors (Lipinski definition) is 4. The molecule has 0 fully saturated rings. The van der Waals surface area contributed by atoms with Gasteiger partial charge < -0.3 is 20.3 Å². The van der Waals surface area contributed by atoms with Crippen LogP contribution in [-0.2, 0) is 19.3 Å². The Balaban J connectivity index is 1.44. The maximum Gasteiger partial charge on any atom is 0.451 e. The van der Waals surface area contributed by atoms with Gasteiger partial charge in [0.1, 0.15) is 17.1 Å². The number of carbonyl (C=O) groups is 1. The third-order valence-electron chi connectivity index (χ3n) is 4.89. The number of hydroxylamine groups is 2. The van der Waals surface area contributed by atoms with Crippen molar-refractivity contribution in [2.45, 2.75) is 25.5 Å². The van der Waals surface area contributed by atoms with E-state index in [0.29, 0.717) is 15.8 Å². The molecule has 0 saturated heterocycles. The van der Waals surface area contributed by atoms with Crippen molar-refractivity contribution in [1.29, 1.82) is 0 Å². The average molecular weight is 536 g/mol. The predicted molar refractivity (Wildman–Crippen MR) is 125 cm³/mol. The number of aromatic nitrogens is 6. The van der Waals surface area contributed by atoms with Crippen molar-refractivity contribution in [3.8, 4) is 10.6 Å². The fourth-order valence-corrected chi connectivity index (χ4v) is 3.96. The third-order valence-corrected chi connectivity index (χ3v) is 5.78. The van der Waals surface area contributed by atoms with Crippen LogP contribution in [0.1, 0.15) is 22.0 Å². The number of pyridine rings is 1. The number of nitrogens with zero attached hydrogens (tertiary/aromatic N) is 7. The monoisotopic (exact) mass is 535 g/mol. The Bertz CT molecular complexity index is 1350. The maximum atomic E-state index is 12.9. The molecule has 1 amide bonds. The number of halogens is 3. The lowest BCUT2D eigenvalue weighted by Crippen LogP contribution is -2.32. The zero-order valence-corrected chi connectivity index (χ0v) is 19.9. The highest BCUT2D eigenvalue weighted by Gasteiger charge is 2.34. The number of hydrogen-bond acceptors (Lipinski definition) is 11. The van der Waals surface area contributed by atoms with Crippen LogP contribution in [-0.4, -0.2) is 64.0 Å². The highest BCUT2D eigenvalue weighted by atomic mass is 32.1. The van der Waals surface area contributed by atoms with E-state index in [-0.39, 0.29) is 36.0 Å². The smallest absolute Gasteiger partial charge is 0.372 e. The molecule has 4 heterocycles. The quantitative estimate of drug-likeness (QED) is 0.143. The van der Waals surface area contributed by atoms with E-state index in [1.54, 1.807) is 30.6 Å². The molecule has 1 atom stereocenters. The van der Waals surface area contributed by atoms with Crippen LogP contribution in [0.4, 0.5) is 24.8 Å². The number of nitrogens with one attached hydrogen (secondary N) is 2. The molecule has 1 unspecified atom stereocenters. The number of aliphatic hydroxyl groups excluding tert-OH is 1. The summed E-state index contributed by atoms with van der Waals surface area (Å²) in [6, 6.07) is 5.08. The summed E-state index contributed by atoms with van der Waals surface area (Å²) in [5.41, 5.74) is 0.746. The van der Waals surface area contributed by atoms with Crippen LogP contribution in [0, 0.1) is 0 Å². The van der Waals surface area contributed by atoms with Gasteiger partial charge in [-0.3, -0.25) is 15.0 Å². The molecule has 0 spiro atoms. The summed E-state index contributed by atoms with van der Waals surface area (Å²) in [7, 11) is 1.56. The second kappa shape index (κ2) is 10.9. The Kier molecular flexibility index (Phi) is 7.61. The van der Waals surface area contributed by atoms with Crippen molar-refractivity contribution in [1.82, 2.24) is 34.6 Å². The van der Waals surface area contributed by atoms with E-state index in [9.17, 15) is 28.3 Å². The Hall–Kier alpha value is -4.15. The lowest BCUT2D eigenvalue weighted by molar-refractivity contribution is -0.144. The molecule has 0 saturated carbocycles. The zero-order valence-electron chi connectivity index (χ0n) is 19.1. The molecule has 4 aromatic heterocycles. The molecule has 12 nitrogen and oxygen atoms in total. The first kappa shape index (κ1) is 25.9. The van der Waals surface area contributed by atoms with Crippen molar-refractivity contribution in [2.24, 2.45) is 0 Å². The first-order chi connectivity index (χ1) is 17.7. The van der Waals surface area contributed by atoms with Crippen LogP contribution >= 0.6 is 11.3 Å². The standard InChI is InChI=1S/C21H20F3N9O3S/c1-25-17-16(19(35)33(36)8-13-4-2-3-5-26-13)32(11-29-17)9-15(34)30-14-10-37-18(31-14)12-6-27-20(28-7-12)21(22,23)24/h2-7,10-11,15,25,30,34,36H,8-9H2,1H3. The van der Waals surface area contributed by atoms with Gasteiger partial charge in [-0.1, -0.05) is 6.07 Å². The second-order valence-electron chi connectivity index (χ2n) is 7.52. The molecule has 4 N–H and O–H groups in total. The van der Waals surface area contributed by atoms with E-state index in [0.717, 1.165) is 23.7 Å². The van der Waals surface area contributed by atoms with Gasteiger partial charge in [0.15, 0.2) is 11.5 Å². The summed E-state index contributed by atoms with van der Waals surface area (Å²) < 4.78 is 39.4. The van der Waals surface area contributed by atoms with Crippen molar-refractivity contribution < 1.29 is 28.3 Å². The van der Waals surface area contributed by atoms with Gasteiger partial charge in [0.05, 0.1) is 25.1 Å². The average Bonchev–Trinajstić information content (AvgIpc) is 3.50. The van der Waals surface area contributed by atoms with Gasteiger partial charge in [-0.15, -0.1) is 11.3 Å². The zero-order chi connectivity index (χ0) is 26.6. The highest BCUT2D eigenvalue weighted by Crippen LogP contribution is 2.29. The van der Waals surface area contributed by atoms with Gasteiger partial charge in [0.25, 0.3) is 5.91 Å². The van der Waals surface area contributed by atoms with E-state index in [1.807, 2.05) is 0 Å². The van der Waals surface area contributed by atoms with Gasteiger partial charge in [-0.05, 0) is 12.1 Å². The largest absolute Gasteiger partial charge is 0.451 e. The van der Waals surface area contributed by atoms with Crippen LogP contribution in [0.25, 0.3) is 10.6 Å². The topological polar surface area (TPSA) is 154 Å². The number of alkyl halides is 3. The minimum atomic E-state index is -4.65. The molecule has 16 heteroatoms. The third kappa shape index (κ3) is 6.16. The van der Waals surface area contributed by atoms with Crippen LogP contribution in [0.3, 0.4) is 0 Å². The number of carbonyl (C=O) groups excluding carboxylic acids is 1. The van der Waals surface area contributed by atoms with Gasteiger partial charge >= 0.3 is 6.18 Å². The lowest BCUT2D eigenvalue weighted by Gasteiger charge is -2.18. The summed E-state index contributed by atoms with van der Waals surface area (Å²) in [4.78, 5) is 32.0. The Morgan fingerprint density at radius 3 is 2.62 bits per heavy atom. The first-order valence-electron chi connectivity index (χ1n) is 10.6. The lowest BCUT2D eigenvalue weighted by atomic mass is 10.3. The van der Waals surface area contributed by atoms with E-state index in [2.05, 4.69) is 35.6 Å². The Morgan fingerprint density at radius 2 is 1.97 bits per heavy atom. The van der Waals surface area contributed by atoms with E-state index in [1.165, 1.54) is 17.1 Å². The summed E-state index contributed by atoms with van der Waals surface area (Å²) in [5.74, 6) is -1.59. The van der Waals surface area contributed by atoms with Gasteiger partial charge in [-0.25, -0.2) is 25.0 Å². The van der Waals surface area contributed by atoms with Crippen LogP contribution in [0.2, 0.25) is 0 Å². The highest BCUT2D eigenvalue weighted by molar-refractivity contribution is 7.13. The Morgan fingerprint density at radius 1 is 1.22 bits per heavy atom. The summed E-state index contributed by atoms with van der Waals surface area (Å²) >= 11 is 1.11. The number of thiazole rings is 1.